The van der Waals surface area contributed by atoms with E-state index < -0.39 is 16.1 Å². The Kier molecular flexibility index (Phi) is 7.58. The Morgan fingerprint density at radius 2 is 1.80 bits per heavy atom. The van der Waals surface area contributed by atoms with Crippen molar-refractivity contribution in [2.75, 3.05) is 45.2 Å². The Bertz CT molecular complexity index is 1250. The number of para-hydroxylation sites is 1. The lowest BCUT2D eigenvalue weighted by atomic mass is 10.2. The molecule has 1 saturated heterocycles. The highest BCUT2D eigenvalue weighted by molar-refractivity contribution is 7.89. The van der Waals surface area contributed by atoms with Crippen LogP contribution in [-0.2, 0) is 16.6 Å². The molecular weight excluding hydrogens is 468 g/mol. The summed E-state index contributed by atoms with van der Waals surface area (Å²) in [6.45, 7) is 8.11. The number of nitrogens with one attached hydrogen (secondary N) is 1. The second kappa shape index (κ2) is 10.6. The highest BCUT2D eigenvalue weighted by Crippen LogP contribution is 2.28. The number of nitrogens with zero attached hydrogens (tertiary/aromatic N) is 5. The van der Waals surface area contributed by atoms with Crippen LogP contribution in [-0.4, -0.2) is 68.4 Å². The van der Waals surface area contributed by atoms with Gasteiger partial charge in [0.2, 0.25) is 10.0 Å². The molecule has 0 spiro atoms. The van der Waals surface area contributed by atoms with Crippen LogP contribution in [0.2, 0.25) is 0 Å². The minimum atomic E-state index is -3.85. The average Bonchev–Trinajstić information content (AvgIpc) is 3.27. The Hall–Kier alpha value is -3.15. The first kappa shape index (κ1) is 25.0. The van der Waals surface area contributed by atoms with Crippen LogP contribution in [0.1, 0.15) is 25.7 Å². The van der Waals surface area contributed by atoms with Crippen molar-refractivity contribution in [2.45, 2.75) is 31.3 Å². The molecule has 1 N–H and O–H groups in total. The van der Waals surface area contributed by atoms with Crippen LogP contribution >= 0.6 is 0 Å². The summed E-state index contributed by atoms with van der Waals surface area (Å²) < 4.78 is 41.8. The molecule has 188 valence electrons. The predicted molar refractivity (Wildman–Crippen MR) is 134 cm³/mol. The largest absolute Gasteiger partial charge is 0.495 e. The first-order valence-electron chi connectivity index (χ1n) is 11.6. The number of anilines is 1. The van der Waals surface area contributed by atoms with E-state index in [0.717, 1.165) is 31.9 Å². The maximum atomic E-state index is 13.0. The standard InChI is InChI=1S/C24H32N6O4S/c1-5-30-23(18(2)27-35(31,32)22-12-7-6-11-21(22)33-4)25-26-24(30)34-20-10-8-9-19(17-20)29-15-13-28(3)14-16-29/h6-12,17-18,27H,5,13-16H2,1-4H3/t18-/m1/s1. The van der Waals surface area contributed by atoms with E-state index >= 15 is 0 Å². The lowest BCUT2D eigenvalue weighted by molar-refractivity contribution is 0.312. The SMILES string of the molecule is CCn1c(Oc2cccc(N3CCN(C)CC3)c2)nnc1[C@@H](C)NS(=O)(=O)c1ccccc1OC. The van der Waals surface area contributed by atoms with Crippen molar-refractivity contribution >= 4 is 15.7 Å². The van der Waals surface area contributed by atoms with E-state index in [-0.39, 0.29) is 10.6 Å². The summed E-state index contributed by atoms with van der Waals surface area (Å²) in [6, 6.07) is 14.0. The van der Waals surface area contributed by atoms with Gasteiger partial charge in [0, 0.05) is 44.5 Å². The maximum Gasteiger partial charge on any atom is 0.322 e. The summed E-state index contributed by atoms with van der Waals surface area (Å²) in [4.78, 5) is 4.71. The Labute approximate surface area is 206 Å². The van der Waals surface area contributed by atoms with Crippen molar-refractivity contribution < 1.29 is 17.9 Å². The van der Waals surface area contributed by atoms with Gasteiger partial charge in [-0.15, -0.1) is 5.10 Å². The molecule has 0 radical (unpaired) electrons. The normalized spacial score (nSPS) is 15.7. The van der Waals surface area contributed by atoms with Crippen LogP contribution in [0.15, 0.2) is 53.4 Å². The Balaban J connectivity index is 1.52. The molecule has 4 rings (SSSR count). The highest BCUT2D eigenvalue weighted by atomic mass is 32.2. The number of hydrogen-bond donors (Lipinski definition) is 1. The molecule has 3 aromatic rings. The molecule has 0 amide bonds. The number of ether oxygens (including phenoxy) is 2. The van der Waals surface area contributed by atoms with E-state index in [1.807, 2.05) is 25.1 Å². The predicted octanol–water partition coefficient (Wildman–Crippen LogP) is 2.89. The average molecular weight is 501 g/mol. The van der Waals surface area contributed by atoms with Gasteiger partial charge >= 0.3 is 6.01 Å². The Morgan fingerprint density at radius 3 is 2.51 bits per heavy atom. The maximum absolute atomic E-state index is 13.0. The molecular formula is C24H32N6O4S. The summed E-state index contributed by atoms with van der Waals surface area (Å²) in [7, 11) is -0.286. The van der Waals surface area contributed by atoms with Gasteiger partial charge in [0.05, 0.1) is 13.2 Å². The number of likely N-dealkylation sites (N-methyl/N-ethyl adjacent to an activating group) is 1. The topological polar surface area (TPSA) is 102 Å². The molecule has 1 aliphatic rings. The van der Waals surface area contributed by atoms with Crippen LogP contribution in [0.4, 0.5) is 5.69 Å². The second-order valence-corrected chi connectivity index (χ2v) is 10.2. The third-order valence-corrected chi connectivity index (χ3v) is 7.61. The number of sulfonamides is 1. The zero-order valence-corrected chi connectivity index (χ0v) is 21.3. The van der Waals surface area contributed by atoms with Crippen molar-refractivity contribution in [2.24, 2.45) is 0 Å². The van der Waals surface area contributed by atoms with Crippen LogP contribution in [0.25, 0.3) is 0 Å². The monoisotopic (exact) mass is 500 g/mol. The number of hydrogen-bond acceptors (Lipinski definition) is 8. The molecule has 35 heavy (non-hydrogen) atoms. The van der Waals surface area contributed by atoms with Gasteiger partial charge in [0.15, 0.2) is 5.82 Å². The second-order valence-electron chi connectivity index (χ2n) is 8.47. The number of benzene rings is 2. The van der Waals surface area contributed by atoms with Crippen LogP contribution in [0.3, 0.4) is 0 Å². The first-order chi connectivity index (χ1) is 16.8. The fraction of sp³-hybridized carbons (Fsp3) is 0.417. The van der Waals surface area contributed by atoms with Gasteiger partial charge in [0.1, 0.15) is 16.4 Å². The lowest BCUT2D eigenvalue weighted by Crippen LogP contribution is -2.44. The molecule has 2 aromatic carbocycles. The van der Waals surface area contributed by atoms with E-state index in [9.17, 15) is 8.42 Å². The van der Waals surface area contributed by atoms with Gasteiger partial charge in [0.25, 0.3) is 0 Å². The zero-order valence-electron chi connectivity index (χ0n) is 20.5. The lowest BCUT2D eigenvalue weighted by Gasteiger charge is -2.34. The summed E-state index contributed by atoms with van der Waals surface area (Å²) in [5.74, 6) is 1.38. The smallest absolute Gasteiger partial charge is 0.322 e. The van der Waals surface area contributed by atoms with Gasteiger partial charge in [-0.1, -0.05) is 23.3 Å². The van der Waals surface area contributed by atoms with E-state index in [1.165, 1.54) is 13.2 Å². The first-order valence-corrected chi connectivity index (χ1v) is 13.1. The number of aromatic nitrogens is 3. The van der Waals surface area contributed by atoms with Gasteiger partial charge in [-0.05, 0) is 45.2 Å². The van der Waals surface area contributed by atoms with E-state index in [0.29, 0.717) is 24.1 Å². The molecule has 1 aliphatic heterocycles. The van der Waals surface area contributed by atoms with Gasteiger partial charge in [-0.2, -0.15) is 0 Å². The third-order valence-electron chi connectivity index (χ3n) is 6.03. The minimum Gasteiger partial charge on any atom is -0.495 e. The van der Waals surface area contributed by atoms with Crippen molar-refractivity contribution in [3.63, 3.8) is 0 Å². The highest BCUT2D eigenvalue weighted by Gasteiger charge is 2.26. The van der Waals surface area contributed by atoms with Crippen molar-refractivity contribution in [3.05, 3.63) is 54.4 Å². The van der Waals surface area contributed by atoms with Crippen LogP contribution in [0, 0.1) is 0 Å². The number of piperazine rings is 1. The molecule has 2 heterocycles. The molecule has 0 aliphatic carbocycles. The minimum absolute atomic E-state index is 0.0640. The van der Waals surface area contributed by atoms with E-state index in [4.69, 9.17) is 9.47 Å². The fourth-order valence-electron chi connectivity index (χ4n) is 4.10. The molecule has 0 unspecified atom stereocenters. The van der Waals surface area contributed by atoms with Crippen LogP contribution < -0.4 is 19.1 Å². The summed E-state index contributed by atoms with van der Waals surface area (Å²) in [5.41, 5.74) is 1.09. The third kappa shape index (κ3) is 5.58. The summed E-state index contributed by atoms with van der Waals surface area (Å²) in [5, 5.41) is 8.44. The van der Waals surface area contributed by atoms with Crippen LogP contribution in [0.5, 0.6) is 17.5 Å². The number of rotatable bonds is 9. The van der Waals surface area contributed by atoms with E-state index in [1.54, 1.807) is 29.7 Å². The van der Waals surface area contributed by atoms with Crippen molar-refractivity contribution in [1.29, 1.82) is 0 Å². The van der Waals surface area contributed by atoms with Gasteiger partial charge in [-0.25, -0.2) is 13.1 Å². The summed E-state index contributed by atoms with van der Waals surface area (Å²) >= 11 is 0. The van der Waals surface area contributed by atoms with Crippen molar-refractivity contribution in [1.82, 2.24) is 24.4 Å². The van der Waals surface area contributed by atoms with Gasteiger partial charge in [-0.3, -0.25) is 4.57 Å². The summed E-state index contributed by atoms with van der Waals surface area (Å²) in [6.07, 6.45) is 0. The zero-order chi connectivity index (χ0) is 25.0. The van der Waals surface area contributed by atoms with Gasteiger partial charge < -0.3 is 19.3 Å². The number of methoxy groups -OCH3 is 1. The van der Waals surface area contributed by atoms with Crippen molar-refractivity contribution in [3.8, 4) is 17.5 Å². The molecule has 11 heteroatoms. The Morgan fingerprint density at radius 1 is 1.06 bits per heavy atom. The molecule has 10 nitrogen and oxygen atoms in total. The molecule has 1 atom stereocenters. The molecule has 0 saturated carbocycles. The van der Waals surface area contributed by atoms with E-state index in [2.05, 4.69) is 37.8 Å². The quantitative estimate of drug-likeness (QED) is 0.479. The molecule has 1 fully saturated rings. The fourth-order valence-corrected chi connectivity index (χ4v) is 5.47. The molecule has 0 bridgehead atoms. The molecule has 1 aromatic heterocycles.